The van der Waals surface area contributed by atoms with Crippen LogP contribution in [0.25, 0.3) is 0 Å². The van der Waals surface area contributed by atoms with Crippen LogP contribution >= 0.6 is 0 Å². The first-order valence-corrected chi connectivity index (χ1v) is 11.5. The van der Waals surface area contributed by atoms with Crippen LogP contribution < -0.4 is 19.5 Å². The van der Waals surface area contributed by atoms with Gasteiger partial charge in [0, 0.05) is 12.6 Å². The molecule has 7 heteroatoms. The molecule has 1 saturated carbocycles. The van der Waals surface area contributed by atoms with E-state index in [1.54, 1.807) is 31.3 Å². The maximum Gasteiger partial charge on any atom is 0.261 e. The topological polar surface area (TPSA) is 77.1 Å². The van der Waals surface area contributed by atoms with Crippen molar-refractivity contribution in [2.45, 2.75) is 57.7 Å². The Morgan fingerprint density at radius 1 is 1.03 bits per heavy atom. The third-order valence-corrected chi connectivity index (χ3v) is 5.99. The van der Waals surface area contributed by atoms with Crippen molar-refractivity contribution in [3.63, 3.8) is 0 Å². The van der Waals surface area contributed by atoms with E-state index in [0.29, 0.717) is 23.7 Å². The number of amides is 2. The zero-order valence-electron chi connectivity index (χ0n) is 19.7. The van der Waals surface area contributed by atoms with Crippen LogP contribution in [0.2, 0.25) is 0 Å². The molecule has 7 nitrogen and oxygen atoms in total. The second-order valence-corrected chi connectivity index (χ2v) is 8.23. The lowest BCUT2D eigenvalue weighted by atomic mass is 10.1. The van der Waals surface area contributed by atoms with Crippen molar-refractivity contribution in [3.05, 3.63) is 54.1 Å². The van der Waals surface area contributed by atoms with E-state index >= 15 is 0 Å². The number of nitrogens with zero attached hydrogens (tertiary/aromatic N) is 1. The first-order valence-electron chi connectivity index (χ1n) is 11.5. The number of rotatable bonds is 11. The van der Waals surface area contributed by atoms with Gasteiger partial charge in [0.2, 0.25) is 5.91 Å². The summed E-state index contributed by atoms with van der Waals surface area (Å²) in [5, 5.41) is 3.15. The van der Waals surface area contributed by atoms with Gasteiger partial charge in [-0.2, -0.15) is 0 Å². The fraction of sp³-hybridized carbons (Fsp3) is 0.462. The summed E-state index contributed by atoms with van der Waals surface area (Å²) >= 11 is 0. The second-order valence-electron chi connectivity index (χ2n) is 8.23. The van der Waals surface area contributed by atoms with Crippen LogP contribution in [0.4, 0.5) is 0 Å². The molecule has 0 saturated heterocycles. The molecular formula is C26H34N2O5. The van der Waals surface area contributed by atoms with E-state index in [1.165, 1.54) is 0 Å². The Balaban J connectivity index is 1.79. The molecular weight excluding hydrogens is 420 g/mol. The van der Waals surface area contributed by atoms with Crippen molar-refractivity contribution in [1.29, 1.82) is 0 Å². The molecule has 1 atom stereocenters. The maximum absolute atomic E-state index is 13.4. The molecule has 0 bridgehead atoms. The smallest absolute Gasteiger partial charge is 0.261 e. The number of hydrogen-bond acceptors (Lipinski definition) is 5. The van der Waals surface area contributed by atoms with E-state index in [1.807, 2.05) is 43.3 Å². The predicted molar refractivity (Wildman–Crippen MR) is 127 cm³/mol. The highest BCUT2D eigenvalue weighted by molar-refractivity contribution is 5.88. The Hall–Kier alpha value is -3.22. The fourth-order valence-electron chi connectivity index (χ4n) is 4.21. The van der Waals surface area contributed by atoms with E-state index in [9.17, 15) is 9.59 Å². The minimum Gasteiger partial charge on any atom is -0.497 e. The molecule has 0 aliphatic heterocycles. The number of methoxy groups -OCH3 is 2. The van der Waals surface area contributed by atoms with Gasteiger partial charge in [-0.1, -0.05) is 44.0 Å². The summed E-state index contributed by atoms with van der Waals surface area (Å²) in [6, 6.07) is 14.3. The van der Waals surface area contributed by atoms with Crippen LogP contribution in [0.1, 0.15) is 44.6 Å². The number of hydrogen-bond donors (Lipinski definition) is 1. The molecule has 2 aromatic rings. The van der Waals surface area contributed by atoms with Crippen LogP contribution in [0.15, 0.2) is 48.5 Å². The van der Waals surface area contributed by atoms with Gasteiger partial charge < -0.3 is 24.4 Å². The summed E-state index contributed by atoms with van der Waals surface area (Å²) in [5.74, 6) is 1.36. The molecule has 1 N–H and O–H groups in total. The first kappa shape index (κ1) is 24.4. The van der Waals surface area contributed by atoms with E-state index in [-0.39, 0.29) is 31.0 Å². The summed E-state index contributed by atoms with van der Waals surface area (Å²) in [7, 11) is 3.16. The standard InChI is InChI=1S/C26H34N2O5/c1-4-22(26(30)27-20-11-5-6-12-20)28(17-19-10-9-13-21(16-19)31-2)25(29)18-33-24-15-8-7-14-23(24)32-3/h7-10,13-16,20,22H,4-6,11-12,17-18H2,1-3H3,(H,27,30). The molecule has 1 aliphatic carbocycles. The number of ether oxygens (including phenoxy) is 3. The Bertz CT molecular complexity index is 926. The highest BCUT2D eigenvalue weighted by atomic mass is 16.5. The number of para-hydroxylation sites is 2. The molecule has 0 spiro atoms. The van der Waals surface area contributed by atoms with E-state index in [0.717, 1.165) is 31.2 Å². The summed E-state index contributed by atoms with van der Waals surface area (Å²) in [5.41, 5.74) is 0.882. The van der Waals surface area contributed by atoms with Crippen LogP contribution in [-0.4, -0.2) is 49.6 Å². The van der Waals surface area contributed by atoms with Crippen molar-refractivity contribution < 1.29 is 23.8 Å². The summed E-state index contributed by atoms with van der Waals surface area (Å²) in [6.45, 7) is 2.01. The zero-order valence-corrected chi connectivity index (χ0v) is 19.7. The van der Waals surface area contributed by atoms with Crippen molar-refractivity contribution in [2.75, 3.05) is 20.8 Å². The lowest BCUT2D eigenvalue weighted by Crippen LogP contribution is -2.52. The lowest BCUT2D eigenvalue weighted by molar-refractivity contribution is -0.143. The minimum absolute atomic E-state index is 0.113. The van der Waals surface area contributed by atoms with Crippen LogP contribution in [-0.2, 0) is 16.1 Å². The molecule has 0 radical (unpaired) electrons. The Morgan fingerprint density at radius 3 is 2.42 bits per heavy atom. The normalized spacial score (nSPS) is 14.4. The summed E-state index contributed by atoms with van der Waals surface area (Å²) in [4.78, 5) is 28.1. The molecule has 2 aromatic carbocycles. The third kappa shape index (κ3) is 6.63. The minimum atomic E-state index is -0.592. The highest BCUT2D eigenvalue weighted by Crippen LogP contribution is 2.26. The van der Waals surface area contributed by atoms with Crippen LogP contribution in [0.3, 0.4) is 0 Å². The van der Waals surface area contributed by atoms with Gasteiger partial charge in [-0.15, -0.1) is 0 Å². The summed E-state index contributed by atoms with van der Waals surface area (Å²) in [6.07, 6.45) is 4.73. The SMILES string of the molecule is CCC(C(=O)NC1CCCC1)N(Cc1cccc(OC)c1)C(=O)COc1ccccc1OC. The molecule has 2 amide bonds. The molecule has 178 valence electrons. The van der Waals surface area contributed by atoms with Gasteiger partial charge >= 0.3 is 0 Å². The van der Waals surface area contributed by atoms with Gasteiger partial charge in [0.1, 0.15) is 11.8 Å². The van der Waals surface area contributed by atoms with Gasteiger partial charge in [-0.3, -0.25) is 9.59 Å². The van der Waals surface area contributed by atoms with Crippen LogP contribution in [0, 0.1) is 0 Å². The van der Waals surface area contributed by atoms with Gasteiger partial charge in [-0.25, -0.2) is 0 Å². The monoisotopic (exact) mass is 454 g/mol. The molecule has 1 fully saturated rings. The molecule has 33 heavy (non-hydrogen) atoms. The van der Waals surface area contributed by atoms with Gasteiger partial charge in [0.15, 0.2) is 18.1 Å². The van der Waals surface area contributed by atoms with Gasteiger partial charge in [-0.05, 0) is 49.1 Å². The molecule has 1 unspecified atom stereocenters. The van der Waals surface area contributed by atoms with Gasteiger partial charge in [0.25, 0.3) is 5.91 Å². The molecule has 3 rings (SSSR count). The number of carbonyl (C=O) groups excluding carboxylic acids is 2. The van der Waals surface area contributed by atoms with Crippen molar-refractivity contribution in [1.82, 2.24) is 10.2 Å². The van der Waals surface area contributed by atoms with E-state index in [2.05, 4.69) is 5.32 Å². The quantitative estimate of drug-likeness (QED) is 0.556. The number of nitrogens with one attached hydrogen (secondary N) is 1. The average Bonchev–Trinajstić information content (AvgIpc) is 3.35. The van der Waals surface area contributed by atoms with Crippen molar-refractivity contribution in [3.8, 4) is 17.2 Å². The average molecular weight is 455 g/mol. The fourth-order valence-corrected chi connectivity index (χ4v) is 4.21. The lowest BCUT2D eigenvalue weighted by Gasteiger charge is -2.31. The number of benzene rings is 2. The Morgan fingerprint density at radius 2 is 1.76 bits per heavy atom. The largest absolute Gasteiger partial charge is 0.497 e. The van der Waals surface area contributed by atoms with Crippen molar-refractivity contribution in [2.24, 2.45) is 0 Å². The zero-order chi connectivity index (χ0) is 23.6. The number of carbonyl (C=O) groups is 2. The first-order chi connectivity index (χ1) is 16.0. The van der Waals surface area contributed by atoms with Crippen molar-refractivity contribution >= 4 is 11.8 Å². The Labute approximate surface area is 196 Å². The van der Waals surface area contributed by atoms with Gasteiger partial charge in [0.05, 0.1) is 14.2 Å². The van der Waals surface area contributed by atoms with Crippen LogP contribution in [0.5, 0.6) is 17.2 Å². The van der Waals surface area contributed by atoms with E-state index < -0.39 is 6.04 Å². The third-order valence-electron chi connectivity index (χ3n) is 5.99. The Kier molecular flexibility index (Phi) is 8.98. The molecule has 1 aliphatic rings. The van der Waals surface area contributed by atoms with E-state index in [4.69, 9.17) is 14.2 Å². The second kappa shape index (κ2) is 12.1. The molecule has 0 aromatic heterocycles. The maximum atomic E-state index is 13.4. The predicted octanol–water partition coefficient (Wildman–Crippen LogP) is 3.95. The highest BCUT2D eigenvalue weighted by Gasteiger charge is 2.31. The summed E-state index contributed by atoms with van der Waals surface area (Å²) < 4.78 is 16.4. The molecule has 0 heterocycles.